The number of nitrogen functional groups attached to an aromatic ring is 2. The number of imidazole rings is 1. The first-order chi connectivity index (χ1) is 19.9. The number of amides is 1. The number of amidine groups is 1. The van der Waals surface area contributed by atoms with Gasteiger partial charge in [-0.3, -0.25) is 15.2 Å². The molecule has 9 nitrogen and oxygen atoms in total. The molecule has 0 aliphatic heterocycles. The van der Waals surface area contributed by atoms with Gasteiger partial charge in [0.1, 0.15) is 11.7 Å². The summed E-state index contributed by atoms with van der Waals surface area (Å²) in [7, 11) is 2.02. The molecule has 0 aliphatic carbocycles. The van der Waals surface area contributed by atoms with Crippen LogP contribution >= 0.6 is 24.8 Å². The Hall–Kier alpha value is -4.44. The average molecular weight is 620 g/mol. The van der Waals surface area contributed by atoms with Crippen LogP contribution in [0.3, 0.4) is 0 Å². The van der Waals surface area contributed by atoms with Crippen LogP contribution in [0, 0.1) is 5.41 Å². The van der Waals surface area contributed by atoms with Gasteiger partial charge in [-0.15, -0.1) is 24.8 Å². The molecule has 6 N–H and O–H groups in total. The Labute approximate surface area is 263 Å². The largest absolute Gasteiger partial charge is 0.399 e. The highest BCUT2D eigenvalue weighted by Gasteiger charge is 2.18. The molecule has 2 aromatic heterocycles. The number of carbonyl (C=O) groups is 1. The van der Waals surface area contributed by atoms with E-state index in [0.717, 1.165) is 57.6 Å². The maximum absolute atomic E-state index is 13.5. The smallest absolute Gasteiger partial charge is 0.241 e. The van der Waals surface area contributed by atoms with E-state index in [-0.39, 0.29) is 43.1 Å². The number of pyridine rings is 1. The molecule has 5 aromatic rings. The summed E-state index contributed by atoms with van der Waals surface area (Å²) in [4.78, 5) is 24.3. The Bertz CT molecular complexity index is 1660. The van der Waals surface area contributed by atoms with Crippen LogP contribution in [0.4, 0.5) is 11.4 Å². The second-order valence-corrected chi connectivity index (χ2v) is 10.1. The number of nitrogens with one attached hydrogen (secondary N) is 2. The number of nitrogens with zero attached hydrogens (tertiary/aromatic N) is 4. The SMILES string of the molecule is Cl.Cl.Cn1c(CCc2ccc(C(=N)N)cc2)nc2cc(N(Cc3ccncc3)C(=O)CNCc3ccc(N)cc3)ccc21. The lowest BCUT2D eigenvalue weighted by Gasteiger charge is -2.23. The maximum Gasteiger partial charge on any atom is 0.241 e. The van der Waals surface area contributed by atoms with E-state index in [2.05, 4.69) is 14.9 Å². The fraction of sp³-hybridized carbons (Fsp3) is 0.188. The van der Waals surface area contributed by atoms with Crippen molar-refractivity contribution in [1.29, 1.82) is 5.41 Å². The van der Waals surface area contributed by atoms with E-state index < -0.39 is 0 Å². The summed E-state index contributed by atoms with van der Waals surface area (Å²) in [6, 6.07) is 25.2. The number of anilines is 2. The summed E-state index contributed by atoms with van der Waals surface area (Å²) in [5.74, 6) is 0.989. The Morgan fingerprint density at radius 2 is 1.58 bits per heavy atom. The summed E-state index contributed by atoms with van der Waals surface area (Å²) in [6.07, 6.45) is 5.04. The van der Waals surface area contributed by atoms with Crippen LogP contribution in [0.2, 0.25) is 0 Å². The Balaban J connectivity index is 0.00000253. The van der Waals surface area contributed by atoms with E-state index in [9.17, 15) is 4.79 Å². The summed E-state index contributed by atoms with van der Waals surface area (Å²) in [5, 5.41) is 10.8. The number of benzene rings is 3. The van der Waals surface area contributed by atoms with Gasteiger partial charge in [0, 0.05) is 49.3 Å². The van der Waals surface area contributed by atoms with Gasteiger partial charge in [-0.05, 0) is 65.6 Å². The molecule has 1 amide bonds. The molecular formula is C32H36Cl2N8O. The number of carbonyl (C=O) groups excluding carboxylic acids is 1. The summed E-state index contributed by atoms with van der Waals surface area (Å²) >= 11 is 0. The first kappa shape index (κ1) is 33.1. The van der Waals surface area contributed by atoms with Crippen LogP contribution in [-0.4, -0.2) is 32.8 Å². The van der Waals surface area contributed by atoms with Crippen molar-refractivity contribution >= 4 is 59.0 Å². The van der Waals surface area contributed by atoms with Crippen LogP contribution in [0.1, 0.15) is 28.1 Å². The van der Waals surface area contributed by atoms with Crippen LogP contribution in [0.5, 0.6) is 0 Å². The number of halogens is 2. The number of aromatic nitrogens is 3. The normalized spacial score (nSPS) is 10.5. The average Bonchev–Trinajstić information content (AvgIpc) is 3.30. The third kappa shape index (κ3) is 8.32. The minimum atomic E-state index is -0.0400. The third-order valence-corrected chi connectivity index (χ3v) is 7.15. The minimum absolute atomic E-state index is 0. The van der Waals surface area contributed by atoms with Gasteiger partial charge in [-0.1, -0.05) is 36.4 Å². The number of aryl methyl sites for hydroxylation is 3. The molecule has 0 spiro atoms. The quantitative estimate of drug-likeness (QED) is 0.0953. The van der Waals surface area contributed by atoms with Gasteiger partial charge in [0.05, 0.1) is 24.1 Å². The van der Waals surface area contributed by atoms with Crippen LogP contribution < -0.4 is 21.7 Å². The zero-order valence-electron chi connectivity index (χ0n) is 23.9. The lowest BCUT2D eigenvalue weighted by molar-refractivity contribution is -0.118. The number of fused-ring (bicyclic) bond motifs is 1. The minimum Gasteiger partial charge on any atom is -0.399 e. The summed E-state index contributed by atoms with van der Waals surface area (Å²) < 4.78 is 2.10. The van der Waals surface area contributed by atoms with E-state index >= 15 is 0 Å². The van der Waals surface area contributed by atoms with Crippen LogP contribution in [0.15, 0.2) is 91.3 Å². The highest BCUT2D eigenvalue weighted by atomic mass is 35.5. The highest BCUT2D eigenvalue weighted by Crippen LogP contribution is 2.25. The van der Waals surface area contributed by atoms with Gasteiger partial charge in [0.15, 0.2) is 0 Å². The molecule has 0 fully saturated rings. The molecule has 0 bridgehead atoms. The van der Waals surface area contributed by atoms with E-state index in [4.69, 9.17) is 21.9 Å². The van der Waals surface area contributed by atoms with Crippen molar-refractivity contribution in [3.05, 3.63) is 119 Å². The van der Waals surface area contributed by atoms with Crippen molar-refractivity contribution in [3.63, 3.8) is 0 Å². The van der Waals surface area contributed by atoms with E-state index in [1.54, 1.807) is 17.3 Å². The second kappa shape index (κ2) is 15.2. The van der Waals surface area contributed by atoms with Crippen molar-refractivity contribution in [2.24, 2.45) is 12.8 Å². The zero-order valence-corrected chi connectivity index (χ0v) is 25.5. The van der Waals surface area contributed by atoms with Crippen molar-refractivity contribution in [1.82, 2.24) is 19.9 Å². The first-order valence-electron chi connectivity index (χ1n) is 13.5. The van der Waals surface area contributed by atoms with Crippen molar-refractivity contribution < 1.29 is 4.79 Å². The van der Waals surface area contributed by atoms with Crippen molar-refractivity contribution in [3.8, 4) is 0 Å². The topological polar surface area (TPSA) is 139 Å². The molecule has 0 aliphatic rings. The lowest BCUT2D eigenvalue weighted by atomic mass is 10.1. The van der Waals surface area contributed by atoms with Crippen LogP contribution in [0.25, 0.3) is 11.0 Å². The van der Waals surface area contributed by atoms with Gasteiger partial charge >= 0.3 is 0 Å². The molecule has 0 radical (unpaired) electrons. The van der Waals surface area contributed by atoms with Crippen LogP contribution in [-0.2, 0) is 37.8 Å². The first-order valence-corrected chi connectivity index (χ1v) is 13.5. The highest BCUT2D eigenvalue weighted by molar-refractivity contribution is 5.96. The molecule has 2 heterocycles. The Morgan fingerprint density at radius 3 is 2.26 bits per heavy atom. The standard InChI is InChI=1S/C32H34N8O.2ClH/c1-39-29-12-11-27(18-28(29)38-30(39)13-6-22-2-7-25(8-3-22)32(34)35)40(21-24-14-16-36-17-15-24)31(41)20-37-19-23-4-9-26(33)10-5-23;;/h2-5,7-12,14-18,37H,6,13,19-21,33H2,1H3,(H3,34,35);2*1H. The number of hydrogen-bond acceptors (Lipinski definition) is 6. The molecule has 0 unspecified atom stereocenters. The van der Waals surface area contributed by atoms with Gasteiger partial charge in [-0.2, -0.15) is 0 Å². The fourth-order valence-electron chi connectivity index (χ4n) is 4.78. The summed E-state index contributed by atoms with van der Waals surface area (Å²) in [5.41, 5.74) is 18.6. The van der Waals surface area contributed by atoms with Gasteiger partial charge < -0.3 is 26.3 Å². The number of rotatable bonds is 11. The third-order valence-electron chi connectivity index (χ3n) is 7.15. The van der Waals surface area contributed by atoms with E-state index in [1.807, 2.05) is 85.9 Å². The van der Waals surface area contributed by atoms with Gasteiger partial charge in [0.25, 0.3) is 0 Å². The van der Waals surface area contributed by atoms with E-state index in [1.165, 1.54) is 0 Å². The molecular weight excluding hydrogens is 583 g/mol. The fourth-order valence-corrected chi connectivity index (χ4v) is 4.78. The molecule has 0 atom stereocenters. The maximum atomic E-state index is 13.5. The van der Waals surface area contributed by atoms with Gasteiger partial charge in [-0.25, -0.2) is 4.98 Å². The predicted octanol–water partition coefficient (Wildman–Crippen LogP) is 4.79. The van der Waals surface area contributed by atoms with E-state index in [0.29, 0.717) is 18.8 Å². The Morgan fingerprint density at radius 1 is 0.907 bits per heavy atom. The second-order valence-electron chi connectivity index (χ2n) is 10.1. The Kier molecular flexibility index (Phi) is 11.7. The van der Waals surface area contributed by atoms with Crippen molar-refractivity contribution in [2.75, 3.05) is 17.2 Å². The number of nitrogens with two attached hydrogens (primary N) is 2. The zero-order chi connectivity index (χ0) is 28.8. The molecule has 224 valence electrons. The molecule has 11 heteroatoms. The predicted molar refractivity (Wildman–Crippen MR) is 178 cm³/mol. The summed E-state index contributed by atoms with van der Waals surface area (Å²) in [6.45, 7) is 1.17. The molecule has 0 saturated heterocycles. The lowest BCUT2D eigenvalue weighted by Crippen LogP contribution is -2.37. The van der Waals surface area contributed by atoms with Gasteiger partial charge in [0.2, 0.25) is 5.91 Å². The number of hydrogen-bond donors (Lipinski definition) is 4. The van der Waals surface area contributed by atoms with Crippen molar-refractivity contribution in [2.45, 2.75) is 25.9 Å². The molecule has 5 rings (SSSR count). The molecule has 3 aromatic carbocycles. The monoisotopic (exact) mass is 618 g/mol. The molecule has 0 saturated carbocycles. The molecule has 43 heavy (non-hydrogen) atoms.